The van der Waals surface area contributed by atoms with Gasteiger partial charge in [0.25, 0.3) is 0 Å². The van der Waals surface area contributed by atoms with E-state index in [2.05, 4.69) is 49.7 Å². The van der Waals surface area contributed by atoms with Crippen LogP contribution < -0.4 is 24.8 Å². The number of aliphatic carboxylic acids is 4. The zero-order valence-corrected chi connectivity index (χ0v) is 29.3. The molecule has 4 amide bonds. The van der Waals surface area contributed by atoms with Gasteiger partial charge >= 0.3 is 151 Å². The van der Waals surface area contributed by atoms with Gasteiger partial charge in [-0.3, -0.25) is 9.59 Å². The fraction of sp³-hybridized carbons (Fsp3) is 0.567. The van der Waals surface area contributed by atoms with Crippen LogP contribution >= 0.6 is 0 Å². The molecule has 0 fully saturated rings. The van der Waals surface area contributed by atoms with E-state index in [-0.39, 0.29) is 12.3 Å². The third kappa shape index (κ3) is 17.0. The SMILES string of the molecule is [CH3][Sn]([CH3])([CH3])[c]1ccc(CCCC(=O)NCCCCC(NC(=O)CCC(NC(=O)NC(CCC(=O)O)C(=O)O)C(=O)O)C(=O)O)cc1. The fourth-order valence-electron chi connectivity index (χ4n) is 4.35. The van der Waals surface area contributed by atoms with E-state index in [9.17, 15) is 43.8 Å². The summed E-state index contributed by atoms with van der Waals surface area (Å²) in [6.07, 6.45) is 0.939. The summed E-state index contributed by atoms with van der Waals surface area (Å²) in [5.74, 6) is -6.47. The summed E-state index contributed by atoms with van der Waals surface area (Å²) >= 11 is -2.09. The predicted octanol–water partition coefficient (Wildman–Crippen LogP) is 1.26. The van der Waals surface area contributed by atoms with E-state index in [1.54, 1.807) is 0 Å². The maximum absolute atomic E-state index is 12.3. The Morgan fingerprint density at radius 3 is 1.65 bits per heavy atom. The number of hydrogen-bond donors (Lipinski definition) is 8. The number of aryl methyl sites for hydroxylation is 1. The average molecular weight is 757 g/mol. The van der Waals surface area contributed by atoms with Crippen LogP contribution in [0.2, 0.25) is 14.8 Å². The van der Waals surface area contributed by atoms with Crippen LogP contribution in [0, 0.1) is 0 Å². The molecule has 0 radical (unpaired) electrons. The van der Waals surface area contributed by atoms with E-state index in [1.807, 2.05) is 10.6 Å². The summed E-state index contributed by atoms with van der Waals surface area (Å²) in [4.78, 5) is 88.7. The quantitative estimate of drug-likeness (QED) is 0.0618. The van der Waals surface area contributed by atoms with Gasteiger partial charge in [-0.2, -0.15) is 0 Å². The second-order valence-electron chi connectivity index (χ2n) is 12.0. The Kier molecular flexibility index (Phi) is 17.7. The van der Waals surface area contributed by atoms with Crippen molar-refractivity contribution in [3.05, 3.63) is 29.8 Å². The molecule has 16 heteroatoms. The summed E-state index contributed by atoms with van der Waals surface area (Å²) in [6.45, 7) is 0.347. The maximum atomic E-state index is 12.3. The minimum absolute atomic E-state index is 0.0712. The van der Waals surface area contributed by atoms with E-state index < -0.39 is 98.0 Å². The van der Waals surface area contributed by atoms with Gasteiger partial charge in [-0.05, 0) is 19.3 Å². The van der Waals surface area contributed by atoms with E-state index in [0.29, 0.717) is 32.2 Å². The van der Waals surface area contributed by atoms with Crippen LogP contribution in [0.5, 0.6) is 0 Å². The molecule has 3 unspecified atom stereocenters. The molecule has 0 saturated carbocycles. The Balaban J connectivity index is 2.39. The van der Waals surface area contributed by atoms with Crippen LogP contribution in [-0.2, 0) is 35.2 Å². The normalized spacial score (nSPS) is 13.0. The van der Waals surface area contributed by atoms with Crippen molar-refractivity contribution in [3.63, 3.8) is 0 Å². The molecule has 0 saturated heterocycles. The number of rotatable bonds is 22. The van der Waals surface area contributed by atoms with Crippen molar-refractivity contribution in [3.8, 4) is 0 Å². The number of carbonyl (C=O) groups is 7. The standard InChI is InChI=1S/C27H37N4O11.3CH3.Sn/c32-21(11-6-9-17-7-2-1-3-8-17)28-16-5-4-10-18(24(36)37)29-22(33)14-12-19(25(38)39)30-27(42)31-20(26(40)41)13-15-23(34)35;;;;/h2-3,7-8,18-20H,4-6,9-16H2,(H,28,32)(H,29,33)(H,34,35)(H,36,37)(H,38,39)(H,40,41)(H2,30,31,42);3*1H3;. The number of unbranched alkanes of at least 4 members (excludes halogenated alkanes) is 1. The molecule has 0 heterocycles. The van der Waals surface area contributed by atoms with Crippen molar-refractivity contribution in [1.82, 2.24) is 21.3 Å². The number of nitrogens with one attached hydrogen (secondary N) is 4. The first-order chi connectivity index (χ1) is 21.5. The van der Waals surface area contributed by atoms with Crippen LogP contribution in [0.1, 0.15) is 63.4 Å². The van der Waals surface area contributed by atoms with E-state index in [4.69, 9.17) is 10.2 Å². The van der Waals surface area contributed by atoms with Crippen molar-refractivity contribution in [2.45, 2.75) is 97.2 Å². The van der Waals surface area contributed by atoms with Gasteiger partial charge in [0.1, 0.15) is 18.1 Å². The van der Waals surface area contributed by atoms with Gasteiger partial charge in [-0.1, -0.05) is 0 Å². The average Bonchev–Trinajstić information content (AvgIpc) is 2.95. The number of amides is 4. The molecule has 0 aromatic heterocycles. The Bertz CT molecular complexity index is 1220. The molecule has 0 aliphatic rings. The zero-order valence-electron chi connectivity index (χ0n) is 26.5. The molecule has 46 heavy (non-hydrogen) atoms. The predicted molar refractivity (Wildman–Crippen MR) is 169 cm³/mol. The Morgan fingerprint density at radius 1 is 0.630 bits per heavy atom. The monoisotopic (exact) mass is 758 g/mol. The van der Waals surface area contributed by atoms with Crippen LogP contribution in [0.15, 0.2) is 24.3 Å². The van der Waals surface area contributed by atoms with Gasteiger partial charge in [0.05, 0.1) is 0 Å². The summed E-state index contributed by atoms with van der Waals surface area (Å²) in [5, 5.41) is 45.8. The molecule has 8 N–H and O–H groups in total. The third-order valence-corrected chi connectivity index (χ3v) is 13.0. The molecule has 15 nitrogen and oxygen atoms in total. The molecule has 0 aliphatic heterocycles. The number of carboxylic acids is 4. The molecule has 1 aromatic carbocycles. The van der Waals surface area contributed by atoms with Crippen LogP contribution in [0.25, 0.3) is 0 Å². The minimum atomic E-state index is -2.09. The van der Waals surface area contributed by atoms with Crippen molar-refractivity contribution < 1.29 is 54.0 Å². The molecule has 3 atom stereocenters. The number of carboxylic acid groups (broad SMARTS) is 4. The van der Waals surface area contributed by atoms with Gasteiger partial charge in [-0.25, -0.2) is 19.2 Å². The molecule has 0 aliphatic carbocycles. The van der Waals surface area contributed by atoms with Gasteiger partial charge in [0.15, 0.2) is 0 Å². The van der Waals surface area contributed by atoms with Crippen molar-refractivity contribution in [2.24, 2.45) is 0 Å². The zero-order chi connectivity index (χ0) is 34.9. The molecular formula is C30H46N4O11Sn. The molecule has 0 bridgehead atoms. The molecule has 1 aromatic rings. The Hall–Kier alpha value is -3.89. The van der Waals surface area contributed by atoms with Gasteiger partial charge in [0.2, 0.25) is 5.91 Å². The van der Waals surface area contributed by atoms with Crippen molar-refractivity contribution in [1.29, 1.82) is 0 Å². The summed E-state index contributed by atoms with van der Waals surface area (Å²) < 4.78 is 1.45. The van der Waals surface area contributed by atoms with E-state index in [1.165, 1.54) is 9.14 Å². The second kappa shape index (κ2) is 20.3. The summed E-state index contributed by atoms with van der Waals surface area (Å²) in [5.41, 5.74) is 1.19. The van der Waals surface area contributed by atoms with Crippen molar-refractivity contribution in [2.75, 3.05) is 6.54 Å². The number of carbonyl (C=O) groups excluding carboxylic acids is 3. The number of benzene rings is 1. The van der Waals surface area contributed by atoms with Gasteiger partial charge < -0.3 is 36.4 Å². The molecule has 1 rings (SSSR count). The van der Waals surface area contributed by atoms with Crippen LogP contribution in [0.4, 0.5) is 4.79 Å². The molecule has 0 spiro atoms. The van der Waals surface area contributed by atoms with Crippen LogP contribution in [0.3, 0.4) is 0 Å². The summed E-state index contributed by atoms with van der Waals surface area (Å²) in [6, 6.07) is 3.01. The first-order valence-corrected chi connectivity index (χ1v) is 25.1. The number of hydrogen-bond acceptors (Lipinski definition) is 7. The summed E-state index contributed by atoms with van der Waals surface area (Å²) in [7, 11) is 0. The second-order valence-corrected chi connectivity index (χ2v) is 26.5. The van der Waals surface area contributed by atoms with Gasteiger partial charge in [0, 0.05) is 12.8 Å². The fourth-order valence-corrected chi connectivity index (χ4v) is 7.68. The van der Waals surface area contributed by atoms with E-state index in [0.717, 1.165) is 6.42 Å². The number of urea groups is 1. The Labute approximate surface area is 271 Å². The third-order valence-electron chi connectivity index (χ3n) is 7.08. The first-order valence-electron chi connectivity index (χ1n) is 15.1. The first kappa shape index (κ1) is 40.1. The molecule has 256 valence electrons. The topological polar surface area (TPSA) is 249 Å². The van der Waals surface area contributed by atoms with Crippen molar-refractivity contribution >= 4 is 63.7 Å². The Morgan fingerprint density at radius 2 is 1.15 bits per heavy atom. The van der Waals surface area contributed by atoms with Gasteiger partial charge in [-0.15, -0.1) is 0 Å². The van der Waals surface area contributed by atoms with E-state index >= 15 is 0 Å². The molecular weight excluding hydrogens is 711 g/mol. The van der Waals surface area contributed by atoms with Crippen LogP contribution in [-0.4, -0.2) is 105 Å².